The van der Waals surface area contributed by atoms with Crippen LogP contribution in [0.3, 0.4) is 0 Å². The van der Waals surface area contributed by atoms with E-state index in [1.54, 1.807) is 14.2 Å². The fraction of sp³-hybridized carbons (Fsp3) is 0.571. The molecule has 4 heteroatoms. The quantitative estimate of drug-likeness (QED) is 0.896. The van der Waals surface area contributed by atoms with Gasteiger partial charge < -0.3 is 19.3 Å². The first-order valence-electron chi connectivity index (χ1n) is 6.08. The zero-order valence-corrected chi connectivity index (χ0v) is 11.3. The Kier molecular flexibility index (Phi) is 3.50. The second-order valence-corrected chi connectivity index (χ2v) is 4.92. The number of hydrogen-bond acceptors (Lipinski definition) is 4. The zero-order chi connectivity index (χ0) is 13.3. The molecule has 18 heavy (non-hydrogen) atoms. The fourth-order valence-electron chi connectivity index (χ4n) is 2.29. The van der Waals surface area contributed by atoms with E-state index in [2.05, 4.69) is 0 Å². The molecule has 0 saturated carbocycles. The third-order valence-electron chi connectivity index (χ3n) is 3.73. The molecule has 0 fully saturated rings. The normalized spacial score (nSPS) is 28.2. The van der Waals surface area contributed by atoms with Gasteiger partial charge in [0.05, 0.1) is 19.3 Å². The fourth-order valence-corrected chi connectivity index (χ4v) is 2.29. The highest BCUT2D eigenvalue weighted by molar-refractivity contribution is 5.43. The van der Waals surface area contributed by atoms with Crippen molar-refractivity contribution < 1.29 is 19.3 Å². The van der Waals surface area contributed by atoms with Crippen LogP contribution in [0.1, 0.15) is 31.9 Å². The number of methoxy groups -OCH3 is 2. The predicted octanol–water partition coefficient (Wildman–Crippen LogP) is 2.30. The van der Waals surface area contributed by atoms with Gasteiger partial charge in [0.1, 0.15) is 17.1 Å². The van der Waals surface area contributed by atoms with E-state index in [1.165, 1.54) is 0 Å². The first-order valence-corrected chi connectivity index (χ1v) is 6.08. The summed E-state index contributed by atoms with van der Waals surface area (Å²) in [5, 5.41) is 10.3. The second kappa shape index (κ2) is 4.78. The van der Waals surface area contributed by atoms with Crippen LogP contribution < -0.4 is 9.47 Å². The van der Waals surface area contributed by atoms with Gasteiger partial charge >= 0.3 is 0 Å². The van der Waals surface area contributed by atoms with Gasteiger partial charge in [-0.1, -0.05) is 0 Å². The first-order chi connectivity index (χ1) is 8.50. The molecule has 1 aromatic rings. The lowest BCUT2D eigenvalue weighted by Gasteiger charge is -2.41. The zero-order valence-electron chi connectivity index (χ0n) is 11.3. The molecule has 2 unspecified atom stereocenters. The molecule has 3 atom stereocenters. The minimum atomic E-state index is -0.563. The minimum Gasteiger partial charge on any atom is -0.497 e. The molecule has 1 N–H and O–H groups in total. The van der Waals surface area contributed by atoms with Gasteiger partial charge in [-0.2, -0.15) is 0 Å². The van der Waals surface area contributed by atoms with Crippen LogP contribution >= 0.6 is 0 Å². The van der Waals surface area contributed by atoms with Gasteiger partial charge in [-0.3, -0.25) is 0 Å². The average molecular weight is 252 g/mol. The van der Waals surface area contributed by atoms with E-state index in [4.69, 9.17) is 14.2 Å². The number of fused-ring (bicyclic) bond motifs is 1. The van der Waals surface area contributed by atoms with Crippen LogP contribution in [-0.4, -0.2) is 31.0 Å². The third-order valence-corrected chi connectivity index (χ3v) is 3.73. The third kappa shape index (κ3) is 2.18. The van der Waals surface area contributed by atoms with Gasteiger partial charge in [-0.15, -0.1) is 0 Å². The standard InChI is InChI=1S/C14H20O4/c1-9(16-3)14(2)8-12(15)11-7-10(17-4)5-6-13(11)18-14/h5-7,9,12,15H,8H2,1-4H3/t9?,12-,14?/m0/s1. The summed E-state index contributed by atoms with van der Waals surface area (Å²) in [6.07, 6.45) is -0.156. The maximum absolute atomic E-state index is 10.3. The molecule has 1 aliphatic heterocycles. The predicted molar refractivity (Wildman–Crippen MR) is 68.1 cm³/mol. The largest absolute Gasteiger partial charge is 0.497 e. The van der Waals surface area contributed by atoms with Crippen molar-refractivity contribution in [1.29, 1.82) is 0 Å². The molecular formula is C14H20O4. The summed E-state index contributed by atoms with van der Waals surface area (Å²) >= 11 is 0. The SMILES string of the molecule is COc1ccc2c(c1)[C@@H](O)CC(C)(C(C)OC)O2. The lowest BCUT2D eigenvalue weighted by molar-refractivity contribution is -0.0919. The highest BCUT2D eigenvalue weighted by Crippen LogP contribution is 2.42. The van der Waals surface area contributed by atoms with Crippen molar-refractivity contribution in [2.24, 2.45) is 0 Å². The van der Waals surface area contributed by atoms with Crippen LogP contribution in [0.5, 0.6) is 11.5 Å². The van der Waals surface area contributed by atoms with Crippen molar-refractivity contribution >= 4 is 0 Å². The Morgan fingerprint density at radius 3 is 2.78 bits per heavy atom. The molecule has 100 valence electrons. The molecule has 0 amide bonds. The number of aliphatic hydroxyl groups excluding tert-OH is 1. The molecule has 1 aromatic carbocycles. The molecule has 0 saturated heterocycles. The Morgan fingerprint density at radius 1 is 1.44 bits per heavy atom. The Labute approximate surface area is 107 Å². The number of ether oxygens (including phenoxy) is 3. The van der Waals surface area contributed by atoms with Gasteiger partial charge in [0.15, 0.2) is 0 Å². The van der Waals surface area contributed by atoms with Crippen LogP contribution in [0.2, 0.25) is 0 Å². The van der Waals surface area contributed by atoms with E-state index in [1.807, 2.05) is 32.0 Å². The molecule has 0 radical (unpaired) electrons. The summed E-state index contributed by atoms with van der Waals surface area (Å²) in [6.45, 7) is 3.90. The Balaban J connectivity index is 2.35. The molecule has 0 spiro atoms. The number of benzene rings is 1. The summed E-state index contributed by atoms with van der Waals surface area (Å²) < 4.78 is 16.5. The molecule has 0 aliphatic carbocycles. The maximum atomic E-state index is 10.3. The van der Waals surface area contributed by atoms with Gasteiger partial charge in [0.25, 0.3) is 0 Å². The van der Waals surface area contributed by atoms with Crippen LogP contribution in [-0.2, 0) is 4.74 Å². The second-order valence-electron chi connectivity index (χ2n) is 4.92. The van der Waals surface area contributed by atoms with E-state index < -0.39 is 11.7 Å². The number of rotatable bonds is 3. The molecule has 4 nitrogen and oxygen atoms in total. The number of hydrogen-bond donors (Lipinski definition) is 1. The van der Waals surface area contributed by atoms with E-state index in [0.717, 1.165) is 11.3 Å². The van der Waals surface area contributed by atoms with Crippen LogP contribution in [0.4, 0.5) is 0 Å². The van der Waals surface area contributed by atoms with Gasteiger partial charge in [0.2, 0.25) is 0 Å². The first kappa shape index (κ1) is 13.2. The van der Waals surface area contributed by atoms with Crippen molar-refractivity contribution in [3.8, 4) is 11.5 Å². The highest BCUT2D eigenvalue weighted by atomic mass is 16.5. The minimum absolute atomic E-state index is 0.0950. The van der Waals surface area contributed by atoms with Gasteiger partial charge in [0, 0.05) is 19.1 Å². The van der Waals surface area contributed by atoms with E-state index in [9.17, 15) is 5.11 Å². The van der Waals surface area contributed by atoms with Crippen LogP contribution in [0.15, 0.2) is 18.2 Å². The summed E-state index contributed by atoms with van der Waals surface area (Å²) in [5.74, 6) is 1.42. The lowest BCUT2D eigenvalue weighted by atomic mass is 9.86. The molecule has 0 aromatic heterocycles. The van der Waals surface area contributed by atoms with E-state index >= 15 is 0 Å². The Morgan fingerprint density at radius 2 is 2.17 bits per heavy atom. The summed E-state index contributed by atoms with van der Waals surface area (Å²) in [4.78, 5) is 0. The summed E-state index contributed by atoms with van der Waals surface area (Å²) in [6, 6.07) is 5.48. The van der Waals surface area contributed by atoms with Crippen LogP contribution in [0, 0.1) is 0 Å². The monoisotopic (exact) mass is 252 g/mol. The molecule has 2 rings (SSSR count). The van der Waals surface area contributed by atoms with Gasteiger partial charge in [-0.25, -0.2) is 0 Å². The van der Waals surface area contributed by atoms with E-state index in [0.29, 0.717) is 12.2 Å². The number of aliphatic hydroxyl groups is 1. The van der Waals surface area contributed by atoms with Crippen molar-refractivity contribution in [2.45, 2.75) is 38.1 Å². The van der Waals surface area contributed by atoms with Crippen LogP contribution in [0.25, 0.3) is 0 Å². The smallest absolute Gasteiger partial charge is 0.135 e. The lowest BCUT2D eigenvalue weighted by Crippen LogP contribution is -2.47. The topological polar surface area (TPSA) is 47.9 Å². The molecule has 1 aliphatic rings. The molecular weight excluding hydrogens is 232 g/mol. The average Bonchev–Trinajstić information content (AvgIpc) is 2.37. The maximum Gasteiger partial charge on any atom is 0.135 e. The highest BCUT2D eigenvalue weighted by Gasteiger charge is 2.41. The Hall–Kier alpha value is -1.26. The van der Waals surface area contributed by atoms with Gasteiger partial charge in [-0.05, 0) is 32.0 Å². The van der Waals surface area contributed by atoms with Crippen molar-refractivity contribution in [1.82, 2.24) is 0 Å². The van der Waals surface area contributed by atoms with Crippen molar-refractivity contribution in [3.05, 3.63) is 23.8 Å². The van der Waals surface area contributed by atoms with Crippen molar-refractivity contribution in [2.75, 3.05) is 14.2 Å². The summed E-state index contributed by atoms with van der Waals surface area (Å²) in [5.41, 5.74) is 0.255. The van der Waals surface area contributed by atoms with Crippen molar-refractivity contribution in [3.63, 3.8) is 0 Å². The molecule has 1 heterocycles. The summed E-state index contributed by atoms with van der Waals surface area (Å²) in [7, 11) is 3.25. The van der Waals surface area contributed by atoms with E-state index in [-0.39, 0.29) is 6.10 Å². The Bertz CT molecular complexity index is 432. The molecule has 0 bridgehead atoms.